The number of ether oxygens (including phenoxy) is 1. The normalized spacial score (nSPS) is 16.1. The zero-order valence-corrected chi connectivity index (χ0v) is 16.1. The van der Waals surface area contributed by atoms with E-state index in [9.17, 15) is 9.59 Å². The van der Waals surface area contributed by atoms with Crippen LogP contribution in [0.5, 0.6) is 0 Å². The highest BCUT2D eigenvalue weighted by molar-refractivity contribution is 6.04. The van der Waals surface area contributed by atoms with Crippen molar-refractivity contribution in [2.45, 2.75) is 57.7 Å². The molecule has 0 aliphatic heterocycles. The highest BCUT2D eigenvalue weighted by Crippen LogP contribution is 2.22. The Bertz CT molecular complexity index is 575. The summed E-state index contributed by atoms with van der Waals surface area (Å²) in [6, 6.07) is 6.94. The van der Waals surface area contributed by atoms with Gasteiger partial charge in [0.05, 0.1) is 17.4 Å². The van der Waals surface area contributed by atoms with E-state index in [0.717, 1.165) is 25.7 Å². The van der Waals surface area contributed by atoms with Crippen LogP contribution in [-0.4, -0.2) is 37.1 Å². The summed E-state index contributed by atoms with van der Waals surface area (Å²) in [7, 11) is 0. The first kappa shape index (κ1) is 22.4. The lowest BCUT2D eigenvalue weighted by atomic mass is 10.1. The van der Waals surface area contributed by atoms with E-state index in [0.29, 0.717) is 24.3 Å². The van der Waals surface area contributed by atoms with Crippen molar-refractivity contribution >= 4 is 29.9 Å². The molecule has 146 valence electrons. The van der Waals surface area contributed by atoms with Gasteiger partial charge in [-0.05, 0) is 31.9 Å². The number of carbonyl (C=O) groups excluding carboxylic acids is 2. The summed E-state index contributed by atoms with van der Waals surface area (Å²) < 4.78 is 5.94. The van der Waals surface area contributed by atoms with Crippen molar-refractivity contribution < 1.29 is 14.3 Å². The van der Waals surface area contributed by atoms with E-state index in [1.54, 1.807) is 31.2 Å². The number of nitrogens with two attached hydrogens (primary N) is 1. The van der Waals surface area contributed by atoms with Gasteiger partial charge < -0.3 is 21.1 Å². The topological polar surface area (TPSA) is 93.4 Å². The molecule has 1 atom stereocenters. The summed E-state index contributed by atoms with van der Waals surface area (Å²) in [6.45, 7) is 2.52. The molecule has 1 aromatic rings. The molecule has 0 radical (unpaired) electrons. The predicted molar refractivity (Wildman–Crippen MR) is 106 cm³/mol. The van der Waals surface area contributed by atoms with Gasteiger partial charge in [0.15, 0.2) is 0 Å². The smallest absolute Gasteiger partial charge is 0.253 e. The Labute approximate surface area is 161 Å². The summed E-state index contributed by atoms with van der Waals surface area (Å²) in [5, 5.41) is 5.53. The Morgan fingerprint density at radius 2 is 1.85 bits per heavy atom. The second-order valence-corrected chi connectivity index (χ2v) is 6.47. The van der Waals surface area contributed by atoms with Crippen molar-refractivity contribution in [3.63, 3.8) is 0 Å². The Kier molecular flexibility index (Phi) is 10.2. The molecule has 1 unspecified atom stereocenters. The van der Waals surface area contributed by atoms with Crippen molar-refractivity contribution in [3.05, 3.63) is 29.8 Å². The lowest BCUT2D eigenvalue weighted by Crippen LogP contribution is -2.33. The van der Waals surface area contributed by atoms with Gasteiger partial charge in [-0.25, -0.2) is 0 Å². The van der Waals surface area contributed by atoms with Crippen LogP contribution in [0.3, 0.4) is 0 Å². The van der Waals surface area contributed by atoms with Gasteiger partial charge in [0.1, 0.15) is 6.10 Å². The van der Waals surface area contributed by atoms with Crippen LogP contribution in [0.2, 0.25) is 0 Å². The number of halogens is 1. The summed E-state index contributed by atoms with van der Waals surface area (Å²) in [6.07, 6.45) is 6.41. The maximum Gasteiger partial charge on any atom is 0.253 e. The number of amides is 2. The molecule has 2 amide bonds. The lowest BCUT2D eigenvalue weighted by molar-refractivity contribution is -0.130. The zero-order valence-electron chi connectivity index (χ0n) is 15.3. The van der Waals surface area contributed by atoms with Crippen LogP contribution in [0.4, 0.5) is 5.69 Å². The standard InChI is InChI=1S/C19H29N3O3.ClH/c1-14(25-15-8-4-2-3-5-9-15)18(23)22-17-11-7-6-10-16(17)19(24)21-13-12-20;/h6-7,10-11,14-15H,2-5,8-9,12-13,20H2,1H3,(H,21,24)(H,22,23);1H. The number of anilines is 1. The third kappa shape index (κ3) is 6.94. The molecule has 1 aromatic carbocycles. The molecule has 0 spiro atoms. The average Bonchev–Trinajstić information content (AvgIpc) is 2.88. The zero-order chi connectivity index (χ0) is 18.1. The molecule has 1 saturated carbocycles. The molecule has 1 aliphatic carbocycles. The van der Waals surface area contributed by atoms with Gasteiger partial charge in [0.2, 0.25) is 0 Å². The van der Waals surface area contributed by atoms with Gasteiger partial charge in [-0.2, -0.15) is 0 Å². The van der Waals surface area contributed by atoms with Crippen molar-refractivity contribution in [1.29, 1.82) is 0 Å². The molecule has 1 aliphatic rings. The van der Waals surface area contributed by atoms with Gasteiger partial charge in [0.25, 0.3) is 11.8 Å². The quantitative estimate of drug-likeness (QED) is 0.631. The molecular weight excluding hydrogens is 354 g/mol. The maximum atomic E-state index is 12.5. The van der Waals surface area contributed by atoms with Crippen molar-refractivity contribution in [1.82, 2.24) is 5.32 Å². The fraction of sp³-hybridized carbons (Fsp3) is 0.579. The number of para-hydroxylation sites is 1. The first-order chi connectivity index (χ1) is 12.1. The van der Waals surface area contributed by atoms with E-state index in [1.807, 2.05) is 0 Å². The van der Waals surface area contributed by atoms with E-state index in [-0.39, 0.29) is 30.3 Å². The maximum absolute atomic E-state index is 12.5. The van der Waals surface area contributed by atoms with Crippen LogP contribution in [0, 0.1) is 0 Å². The van der Waals surface area contributed by atoms with E-state index in [1.165, 1.54) is 12.8 Å². The van der Waals surface area contributed by atoms with Crippen LogP contribution >= 0.6 is 12.4 Å². The van der Waals surface area contributed by atoms with E-state index < -0.39 is 6.10 Å². The van der Waals surface area contributed by atoms with Crippen molar-refractivity contribution in [3.8, 4) is 0 Å². The monoisotopic (exact) mass is 383 g/mol. The molecule has 1 fully saturated rings. The number of benzene rings is 1. The number of carbonyl (C=O) groups is 2. The molecular formula is C19H30ClN3O3. The molecule has 2 rings (SSSR count). The Morgan fingerprint density at radius 3 is 2.50 bits per heavy atom. The number of nitrogens with one attached hydrogen (secondary N) is 2. The first-order valence-electron chi connectivity index (χ1n) is 9.15. The third-order valence-corrected chi connectivity index (χ3v) is 4.43. The van der Waals surface area contributed by atoms with Crippen molar-refractivity contribution in [2.24, 2.45) is 5.73 Å². The molecule has 4 N–H and O–H groups in total. The largest absolute Gasteiger partial charge is 0.365 e. The third-order valence-electron chi connectivity index (χ3n) is 4.43. The van der Waals surface area contributed by atoms with Crippen LogP contribution in [-0.2, 0) is 9.53 Å². The number of rotatable bonds is 7. The van der Waals surface area contributed by atoms with E-state index >= 15 is 0 Å². The first-order valence-corrected chi connectivity index (χ1v) is 9.15. The van der Waals surface area contributed by atoms with Gasteiger partial charge in [0, 0.05) is 13.1 Å². The number of hydrogen-bond acceptors (Lipinski definition) is 4. The number of hydrogen-bond donors (Lipinski definition) is 3. The fourth-order valence-corrected chi connectivity index (χ4v) is 3.03. The molecule has 26 heavy (non-hydrogen) atoms. The van der Waals surface area contributed by atoms with Gasteiger partial charge in [-0.1, -0.05) is 37.8 Å². The van der Waals surface area contributed by atoms with E-state index in [4.69, 9.17) is 10.5 Å². The van der Waals surface area contributed by atoms with Gasteiger partial charge in [-0.3, -0.25) is 9.59 Å². The molecule has 0 heterocycles. The van der Waals surface area contributed by atoms with E-state index in [2.05, 4.69) is 10.6 Å². The summed E-state index contributed by atoms with van der Waals surface area (Å²) >= 11 is 0. The van der Waals surface area contributed by atoms with Crippen LogP contribution in [0.1, 0.15) is 55.8 Å². The summed E-state index contributed by atoms with van der Waals surface area (Å²) in [5.41, 5.74) is 6.32. The minimum atomic E-state index is -0.553. The SMILES string of the molecule is CC(OC1CCCCCC1)C(=O)Nc1ccccc1C(=O)NCCN.Cl. The highest BCUT2D eigenvalue weighted by Gasteiger charge is 2.22. The molecule has 7 heteroatoms. The highest BCUT2D eigenvalue weighted by atomic mass is 35.5. The van der Waals surface area contributed by atoms with Crippen LogP contribution in [0.25, 0.3) is 0 Å². The Balaban J connectivity index is 0.00000338. The molecule has 6 nitrogen and oxygen atoms in total. The van der Waals surface area contributed by atoms with Crippen LogP contribution < -0.4 is 16.4 Å². The van der Waals surface area contributed by atoms with Gasteiger partial charge in [-0.15, -0.1) is 12.4 Å². The minimum absolute atomic E-state index is 0. The minimum Gasteiger partial charge on any atom is -0.365 e. The molecule has 0 bridgehead atoms. The summed E-state index contributed by atoms with van der Waals surface area (Å²) in [4.78, 5) is 24.7. The molecule has 0 saturated heterocycles. The van der Waals surface area contributed by atoms with Crippen LogP contribution in [0.15, 0.2) is 24.3 Å². The average molecular weight is 384 g/mol. The Hall–Kier alpha value is -1.63. The second-order valence-electron chi connectivity index (χ2n) is 6.47. The molecule has 0 aromatic heterocycles. The second kappa shape index (κ2) is 11.9. The predicted octanol–water partition coefficient (Wildman–Crippen LogP) is 2.86. The lowest BCUT2D eigenvalue weighted by Gasteiger charge is -2.21. The van der Waals surface area contributed by atoms with Crippen molar-refractivity contribution in [2.75, 3.05) is 18.4 Å². The summed E-state index contributed by atoms with van der Waals surface area (Å²) in [5.74, 6) is -0.484. The van der Waals surface area contributed by atoms with Gasteiger partial charge >= 0.3 is 0 Å². The fourth-order valence-electron chi connectivity index (χ4n) is 3.03. The Morgan fingerprint density at radius 1 is 1.19 bits per heavy atom.